The van der Waals surface area contributed by atoms with Gasteiger partial charge in [0.05, 0.1) is 5.56 Å². The minimum atomic E-state index is 0. The Morgan fingerprint density at radius 2 is 1.15 bits per heavy atom. The van der Waals surface area contributed by atoms with E-state index in [0.717, 1.165) is 24.5 Å². The van der Waals surface area contributed by atoms with Crippen LogP contribution < -0.4 is 27.2 Å². The van der Waals surface area contributed by atoms with Crippen molar-refractivity contribution < 1.29 is 17.4 Å². The van der Waals surface area contributed by atoms with Crippen molar-refractivity contribution in [2.75, 3.05) is 37.0 Å². The van der Waals surface area contributed by atoms with Gasteiger partial charge in [-0.05, 0) is 78.1 Å². The lowest BCUT2D eigenvalue weighted by molar-refractivity contribution is -0.351. The Labute approximate surface area is 239 Å². The predicted molar refractivity (Wildman–Crippen MR) is 163 cm³/mol. The van der Waals surface area contributed by atoms with Crippen LogP contribution in [0.4, 0.5) is 17.1 Å². The molecule has 0 amide bonds. The first kappa shape index (κ1) is 27.9. The molecule has 0 aliphatic heterocycles. The average Bonchev–Trinajstić information content (AvgIpc) is 2.96. The second-order valence-electron chi connectivity index (χ2n) is 9.73. The van der Waals surface area contributed by atoms with Crippen LogP contribution in [0.15, 0.2) is 115 Å². The van der Waals surface area contributed by atoms with Gasteiger partial charge >= 0.3 is 0 Å². The van der Waals surface area contributed by atoms with E-state index in [1.807, 2.05) is 6.07 Å². The van der Waals surface area contributed by atoms with Crippen molar-refractivity contribution in [3.8, 4) is 0 Å². The summed E-state index contributed by atoms with van der Waals surface area (Å²) in [6, 6.07) is 37.0. The highest BCUT2D eigenvalue weighted by atomic mass is 35.5. The topological polar surface area (TPSA) is 20.5 Å². The quantitative estimate of drug-likeness (QED) is 0.393. The van der Waals surface area contributed by atoms with Crippen LogP contribution in [0.5, 0.6) is 0 Å². The van der Waals surface area contributed by atoms with Gasteiger partial charge in [-0.1, -0.05) is 60.7 Å². The molecule has 0 unspecified atom stereocenters. The number of fused-ring (bicyclic) bond motifs is 1. The molecule has 0 bridgehead atoms. The molecule has 3 nitrogen and oxygen atoms in total. The van der Waals surface area contributed by atoms with Gasteiger partial charge in [0.1, 0.15) is 0 Å². The van der Waals surface area contributed by atoms with E-state index < -0.39 is 0 Å². The van der Waals surface area contributed by atoms with Gasteiger partial charge in [0.15, 0.2) is 0 Å². The summed E-state index contributed by atoms with van der Waals surface area (Å²) in [6.07, 6.45) is 4.48. The second-order valence-corrected chi connectivity index (χ2v) is 9.73. The Morgan fingerprint density at radius 1 is 0.615 bits per heavy atom. The van der Waals surface area contributed by atoms with Crippen LogP contribution in [-0.2, 0) is 0 Å². The number of para-hydroxylation sites is 1. The van der Waals surface area contributed by atoms with Gasteiger partial charge in [-0.15, -0.1) is 0 Å². The number of nitrogens with zero attached hydrogens (tertiary/aromatic N) is 2. The number of allylic oxidation sites excluding steroid dienone is 3. The van der Waals surface area contributed by atoms with E-state index in [1.54, 1.807) is 0 Å². The molecule has 0 spiro atoms. The van der Waals surface area contributed by atoms with Crippen LogP contribution in [0, 0.1) is 0 Å². The molecule has 0 saturated heterocycles. The molecule has 0 saturated carbocycles. The highest BCUT2D eigenvalue weighted by molar-refractivity contribution is 6.17. The van der Waals surface area contributed by atoms with Crippen LogP contribution in [-0.4, -0.2) is 32.9 Å². The molecule has 0 heterocycles. The van der Waals surface area contributed by atoms with E-state index in [9.17, 15) is 0 Å². The van der Waals surface area contributed by atoms with Crippen molar-refractivity contribution in [1.29, 1.82) is 0 Å². The molecule has 4 heteroatoms. The van der Waals surface area contributed by atoms with Gasteiger partial charge in [0.25, 0.3) is 0 Å². The first-order valence-electron chi connectivity index (χ1n) is 13.4. The van der Waals surface area contributed by atoms with E-state index in [0.29, 0.717) is 0 Å². The number of nitrogens with one attached hydrogen (secondary N) is 1. The minimum absolute atomic E-state index is 0. The molecule has 4 aromatic rings. The van der Waals surface area contributed by atoms with Crippen LogP contribution in [0.25, 0.3) is 11.1 Å². The molecule has 39 heavy (non-hydrogen) atoms. The maximum absolute atomic E-state index is 3.63. The van der Waals surface area contributed by atoms with Crippen molar-refractivity contribution in [1.82, 2.24) is 0 Å². The standard InChI is InChI=1S/C35H35N3.ClH/c1-5-38(6-2)30-22-18-27(19-23-30)35(26-16-20-29(21-17-26)37(3)4)33-24-25-34(32-15-11-10-14-31(32)33)36-28-12-8-7-9-13-28;/h7-25H,5-6H2,1-4H3;1H/b35-33+,36-34?;. The van der Waals surface area contributed by atoms with Gasteiger partial charge in [-0.3, -0.25) is 0 Å². The molecule has 1 aliphatic carbocycles. The lowest BCUT2D eigenvalue weighted by atomic mass is 9.83. The van der Waals surface area contributed by atoms with Crippen molar-refractivity contribution in [3.05, 3.63) is 138 Å². The lowest BCUT2D eigenvalue weighted by Crippen LogP contribution is -3.00. The highest BCUT2D eigenvalue weighted by Gasteiger charge is 2.23. The molecule has 0 aromatic heterocycles. The molecule has 198 valence electrons. The number of hydrogen-bond donors (Lipinski definition) is 1. The first-order valence-corrected chi connectivity index (χ1v) is 13.4. The average molecular weight is 534 g/mol. The molecule has 5 rings (SSSR count). The SMILES string of the molecule is CCN(CC)c1ccc(/C(=C2\C=CC(=[NH+]c3ccccc3)c3ccccc32)c2ccc(N(C)C)cc2)cc1.[Cl-]. The maximum Gasteiger partial charge on any atom is 0.211 e. The van der Waals surface area contributed by atoms with Crippen LogP contribution in [0.2, 0.25) is 0 Å². The summed E-state index contributed by atoms with van der Waals surface area (Å²) in [5, 5.41) is 0. The normalized spacial score (nSPS) is 14.4. The van der Waals surface area contributed by atoms with Crippen molar-refractivity contribution >= 4 is 33.9 Å². The number of anilines is 2. The third-order valence-electron chi connectivity index (χ3n) is 7.20. The largest absolute Gasteiger partial charge is 1.00 e. The van der Waals surface area contributed by atoms with Crippen molar-refractivity contribution in [3.63, 3.8) is 0 Å². The lowest BCUT2D eigenvalue weighted by Gasteiger charge is -2.23. The fraction of sp³-hybridized carbons (Fsp3) is 0.171. The zero-order valence-electron chi connectivity index (χ0n) is 23.2. The van der Waals surface area contributed by atoms with Gasteiger partial charge in [0, 0.05) is 56.8 Å². The first-order chi connectivity index (χ1) is 18.6. The third kappa shape index (κ3) is 6.00. The fourth-order valence-corrected chi connectivity index (χ4v) is 5.13. The van der Waals surface area contributed by atoms with Crippen molar-refractivity contribution in [2.24, 2.45) is 0 Å². The Balaban J connectivity index is 0.00000353. The number of halogens is 1. The minimum Gasteiger partial charge on any atom is -1.00 e. The smallest absolute Gasteiger partial charge is 0.211 e. The Hall–Kier alpha value is -4.08. The zero-order valence-corrected chi connectivity index (χ0v) is 23.9. The summed E-state index contributed by atoms with van der Waals surface area (Å²) in [7, 11) is 4.16. The number of rotatable bonds is 7. The van der Waals surface area contributed by atoms with Crippen LogP contribution in [0.3, 0.4) is 0 Å². The monoisotopic (exact) mass is 533 g/mol. The fourth-order valence-electron chi connectivity index (χ4n) is 5.13. The molecule has 4 aromatic carbocycles. The van der Waals surface area contributed by atoms with E-state index in [4.69, 9.17) is 0 Å². The summed E-state index contributed by atoms with van der Waals surface area (Å²) < 4.78 is 0. The van der Waals surface area contributed by atoms with E-state index in [1.165, 1.54) is 44.8 Å². The van der Waals surface area contributed by atoms with Crippen LogP contribution >= 0.6 is 0 Å². The summed E-state index contributed by atoms with van der Waals surface area (Å²) in [5.41, 5.74) is 12.0. The molecule has 0 radical (unpaired) electrons. The highest BCUT2D eigenvalue weighted by Crippen LogP contribution is 2.37. The number of hydrogen-bond acceptors (Lipinski definition) is 2. The summed E-state index contributed by atoms with van der Waals surface area (Å²) in [6.45, 7) is 6.41. The summed E-state index contributed by atoms with van der Waals surface area (Å²) in [4.78, 5) is 8.15. The van der Waals surface area contributed by atoms with E-state index in [2.05, 4.69) is 152 Å². The van der Waals surface area contributed by atoms with Crippen molar-refractivity contribution in [2.45, 2.75) is 13.8 Å². The molecule has 0 fully saturated rings. The molecule has 1 N–H and O–H groups in total. The van der Waals surface area contributed by atoms with Crippen LogP contribution in [0.1, 0.15) is 36.1 Å². The predicted octanol–water partition coefficient (Wildman–Crippen LogP) is 3.33. The maximum atomic E-state index is 3.63. The van der Waals surface area contributed by atoms with Gasteiger partial charge in [0.2, 0.25) is 11.4 Å². The molecule has 0 atom stereocenters. The Morgan fingerprint density at radius 3 is 1.72 bits per heavy atom. The van der Waals surface area contributed by atoms with Gasteiger partial charge < -0.3 is 22.2 Å². The molecular formula is C35H36ClN3. The van der Waals surface area contributed by atoms with Gasteiger partial charge in [-0.25, -0.2) is 4.99 Å². The Bertz CT molecular complexity index is 1480. The summed E-state index contributed by atoms with van der Waals surface area (Å²) >= 11 is 0. The summed E-state index contributed by atoms with van der Waals surface area (Å²) in [5.74, 6) is 0. The third-order valence-corrected chi connectivity index (χ3v) is 7.20. The van der Waals surface area contributed by atoms with Gasteiger partial charge in [-0.2, -0.15) is 0 Å². The zero-order chi connectivity index (χ0) is 26.5. The number of benzene rings is 4. The molecular weight excluding hydrogens is 498 g/mol. The van der Waals surface area contributed by atoms with E-state index in [-0.39, 0.29) is 12.4 Å². The second kappa shape index (κ2) is 12.6. The Kier molecular flexibility index (Phi) is 9.06. The molecule has 1 aliphatic rings. The van der Waals surface area contributed by atoms with E-state index >= 15 is 0 Å².